The van der Waals surface area contributed by atoms with Gasteiger partial charge >= 0.3 is 0 Å². The number of benzene rings is 1. The molecule has 1 unspecified atom stereocenters. The molecule has 0 amide bonds. The van der Waals surface area contributed by atoms with Crippen molar-refractivity contribution >= 4 is 17.3 Å². The van der Waals surface area contributed by atoms with Gasteiger partial charge in [-0.2, -0.15) is 0 Å². The fourth-order valence-electron chi connectivity index (χ4n) is 2.29. The first-order valence-electron chi connectivity index (χ1n) is 7.91. The third-order valence-corrected chi connectivity index (χ3v) is 4.07. The molecule has 0 aliphatic rings. The molecule has 0 aliphatic carbocycles. The van der Waals surface area contributed by atoms with Crippen LogP contribution in [0.25, 0.3) is 0 Å². The quantitative estimate of drug-likeness (QED) is 0.758. The van der Waals surface area contributed by atoms with E-state index in [1.807, 2.05) is 0 Å². The molecular weight excluding hydrogens is 282 g/mol. The van der Waals surface area contributed by atoms with E-state index in [0.29, 0.717) is 0 Å². The van der Waals surface area contributed by atoms with Gasteiger partial charge in [0.05, 0.1) is 0 Å². The van der Waals surface area contributed by atoms with Crippen molar-refractivity contribution in [3.05, 3.63) is 28.8 Å². The Bertz CT molecular complexity index is 420. The van der Waals surface area contributed by atoms with E-state index in [0.717, 1.165) is 49.5 Å². The van der Waals surface area contributed by atoms with Crippen LogP contribution in [0.1, 0.15) is 32.3 Å². The second kappa shape index (κ2) is 9.29. The zero-order valence-corrected chi connectivity index (χ0v) is 14.7. The molecule has 0 aromatic heterocycles. The number of hydrogen-bond acceptors (Lipinski definition) is 3. The minimum absolute atomic E-state index is 0.189. The maximum absolute atomic E-state index is 6.44. The Labute approximate surface area is 135 Å². The predicted molar refractivity (Wildman–Crippen MR) is 94.5 cm³/mol. The van der Waals surface area contributed by atoms with Gasteiger partial charge in [0.1, 0.15) is 0 Å². The van der Waals surface area contributed by atoms with Crippen LogP contribution < -0.4 is 10.6 Å². The van der Waals surface area contributed by atoms with Crippen LogP contribution in [-0.2, 0) is 6.42 Å². The topological polar surface area (TPSA) is 32.5 Å². The highest BCUT2D eigenvalue weighted by Gasteiger charge is 2.10. The van der Waals surface area contributed by atoms with Crippen molar-refractivity contribution < 1.29 is 0 Å². The number of nitrogens with two attached hydrogens (primary N) is 1. The van der Waals surface area contributed by atoms with Crippen molar-refractivity contribution in [2.45, 2.75) is 39.2 Å². The SMILES string of the molecule is CCCN(CCN(C)C)c1ccc(CC(N)CC)c(Cl)c1. The lowest BCUT2D eigenvalue weighted by molar-refractivity contribution is 0.413. The van der Waals surface area contributed by atoms with Crippen LogP contribution in [0.4, 0.5) is 5.69 Å². The molecule has 120 valence electrons. The largest absolute Gasteiger partial charge is 0.370 e. The average Bonchev–Trinajstić information content (AvgIpc) is 2.45. The van der Waals surface area contributed by atoms with Gasteiger partial charge in [0.15, 0.2) is 0 Å². The van der Waals surface area contributed by atoms with Gasteiger partial charge in [-0.25, -0.2) is 0 Å². The summed E-state index contributed by atoms with van der Waals surface area (Å²) in [6.07, 6.45) is 2.96. The van der Waals surface area contributed by atoms with Gasteiger partial charge in [0, 0.05) is 36.4 Å². The van der Waals surface area contributed by atoms with Crippen molar-refractivity contribution in [2.24, 2.45) is 5.73 Å². The van der Waals surface area contributed by atoms with Crippen molar-refractivity contribution in [1.82, 2.24) is 4.90 Å². The lowest BCUT2D eigenvalue weighted by atomic mass is 10.0. The summed E-state index contributed by atoms with van der Waals surface area (Å²) in [5.41, 5.74) is 8.38. The van der Waals surface area contributed by atoms with Crippen molar-refractivity contribution in [3.8, 4) is 0 Å². The second-order valence-electron chi connectivity index (χ2n) is 5.94. The van der Waals surface area contributed by atoms with Gasteiger partial charge in [0.2, 0.25) is 0 Å². The van der Waals surface area contributed by atoms with E-state index in [9.17, 15) is 0 Å². The van der Waals surface area contributed by atoms with Crippen LogP contribution in [0.2, 0.25) is 5.02 Å². The number of halogens is 1. The molecule has 0 fully saturated rings. The normalized spacial score (nSPS) is 12.7. The highest BCUT2D eigenvalue weighted by Crippen LogP contribution is 2.25. The van der Waals surface area contributed by atoms with Crippen molar-refractivity contribution in [1.29, 1.82) is 0 Å². The van der Waals surface area contributed by atoms with Crippen molar-refractivity contribution in [2.75, 3.05) is 38.6 Å². The molecule has 0 saturated heterocycles. The standard InChI is InChI=1S/C17H30ClN3/c1-5-9-21(11-10-20(3)4)16-8-7-14(17(18)13-16)12-15(19)6-2/h7-8,13,15H,5-6,9-12,19H2,1-4H3. The summed E-state index contributed by atoms with van der Waals surface area (Å²) in [5.74, 6) is 0. The molecule has 1 rings (SSSR count). The van der Waals surface area contributed by atoms with Gasteiger partial charge in [-0.05, 0) is 51.1 Å². The fourth-order valence-corrected chi connectivity index (χ4v) is 2.54. The molecule has 1 aromatic rings. The van der Waals surface area contributed by atoms with Crippen LogP contribution in [-0.4, -0.2) is 44.7 Å². The second-order valence-corrected chi connectivity index (χ2v) is 6.35. The van der Waals surface area contributed by atoms with E-state index in [4.69, 9.17) is 17.3 Å². The number of likely N-dealkylation sites (N-methyl/N-ethyl adjacent to an activating group) is 1. The first kappa shape index (κ1) is 18.3. The summed E-state index contributed by atoms with van der Waals surface area (Å²) >= 11 is 6.44. The molecule has 0 heterocycles. The molecule has 0 spiro atoms. The summed E-state index contributed by atoms with van der Waals surface area (Å²) < 4.78 is 0. The van der Waals surface area contributed by atoms with E-state index in [2.05, 4.69) is 55.9 Å². The molecule has 2 N–H and O–H groups in total. The first-order chi connectivity index (χ1) is 9.97. The van der Waals surface area contributed by atoms with Crippen LogP contribution in [0, 0.1) is 0 Å². The Balaban J connectivity index is 2.82. The average molecular weight is 312 g/mol. The number of nitrogens with zero attached hydrogens (tertiary/aromatic N) is 2. The highest BCUT2D eigenvalue weighted by molar-refractivity contribution is 6.31. The molecule has 4 heteroatoms. The summed E-state index contributed by atoms with van der Waals surface area (Å²) in [6.45, 7) is 7.43. The summed E-state index contributed by atoms with van der Waals surface area (Å²) in [6, 6.07) is 6.58. The molecule has 0 radical (unpaired) electrons. The molecule has 1 aromatic carbocycles. The Morgan fingerprint density at radius 1 is 1.14 bits per heavy atom. The molecule has 0 aliphatic heterocycles. The summed E-state index contributed by atoms with van der Waals surface area (Å²) in [5, 5.41) is 0.836. The van der Waals surface area contributed by atoms with Crippen LogP contribution in [0.5, 0.6) is 0 Å². The van der Waals surface area contributed by atoms with Crippen molar-refractivity contribution in [3.63, 3.8) is 0 Å². The molecule has 3 nitrogen and oxygen atoms in total. The molecule has 21 heavy (non-hydrogen) atoms. The first-order valence-corrected chi connectivity index (χ1v) is 8.29. The van der Waals surface area contributed by atoms with E-state index < -0.39 is 0 Å². The fraction of sp³-hybridized carbons (Fsp3) is 0.647. The number of anilines is 1. The minimum atomic E-state index is 0.189. The van der Waals surface area contributed by atoms with Gasteiger partial charge in [-0.3, -0.25) is 0 Å². The third kappa shape index (κ3) is 6.25. The Kier molecular flexibility index (Phi) is 8.09. The Morgan fingerprint density at radius 2 is 1.86 bits per heavy atom. The van der Waals surface area contributed by atoms with Gasteiger partial charge < -0.3 is 15.5 Å². The van der Waals surface area contributed by atoms with E-state index in [1.54, 1.807) is 0 Å². The molecule has 0 saturated carbocycles. The zero-order chi connectivity index (χ0) is 15.8. The van der Waals surface area contributed by atoms with Gasteiger partial charge in [-0.15, -0.1) is 0 Å². The van der Waals surface area contributed by atoms with E-state index in [-0.39, 0.29) is 6.04 Å². The lowest BCUT2D eigenvalue weighted by Gasteiger charge is -2.26. The summed E-state index contributed by atoms with van der Waals surface area (Å²) in [7, 11) is 4.21. The van der Waals surface area contributed by atoms with Crippen LogP contribution >= 0.6 is 11.6 Å². The smallest absolute Gasteiger partial charge is 0.0459 e. The third-order valence-electron chi connectivity index (χ3n) is 3.72. The Morgan fingerprint density at radius 3 is 2.38 bits per heavy atom. The maximum atomic E-state index is 6.44. The lowest BCUT2D eigenvalue weighted by Crippen LogP contribution is -2.32. The number of hydrogen-bond donors (Lipinski definition) is 1. The van der Waals surface area contributed by atoms with Gasteiger partial charge in [-0.1, -0.05) is 31.5 Å². The van der Waals surface area contributed by atoms with E-state index in [1.165, 1.54) is 5.69 Å². The Hall–Kier alpha value is -0.770. The van der Waals surface area contributed by atoms with E-state index >= 15 is 0 Å². The maximum Gasteiger partial charge on any atom is 0.0459 e. The molecule has 0 bridgehead atoms. The number of rotatable bonds is 9. The molecule has 1 atom stereocenters. The van der Waals surface area contributed by atoms with Crippen LogP contribution in [0.15, 0.2) is 18.2 Å². The highest BCUT2D eigenvalue weighted by atomic mass is 35.5. The summed E-state index contributed by atoms with van der Waals surface area (Å²) in [4.78, 5) is 4.61. The molecular formula is C17H30ClN3. The monoisotopic (exact) mass is 311 g/mol. The van der Waals surface area contributed by atoms with Gasteiger partial charge in [0.25, 0.3) is 0 Å². The predicted octanol–water partition coefficient (Wildman–Crippen LogP) is 3.40. The zero-order valence-electron chi connectivity index (χ0n) is 13.9. The van der Waals surface area contributed by atoms with Crippen LogP contribution in [0.3, 0.4) is 0 Å². The minimum Gasteiger partial charge on any atom is -0.370 e.